The van der Waals surface area contributed by atoms with Gasteiger partial charge in [-0.3, -0.25) is 0 Å². The van der Waals surface area contributed by atoms with Crippen LogP contribution in [0.15, 0.2) is 224 Å². The zero-order chi connectivity index (χ0) is 41.7. The normalized spacial score (nSPS) is 11.5. The summed E-state index contributed by atoms with van der Waals surface area (Å²) in [6.45, 7) is 0. The predicted molar refractivity (Wildman–Crippen MR) is 260 cm³/mol. The van der Waals surface area contributed by atoms with Crippen molar-refractivity contribution in [2.45, 2.75) is 0 Å². The average molecular weight is 804 g/mol. The summed E-state index contributed by atoms with van der Waals surface area (Å²) < 4.78 is 2.38. The third kappa shape index (κ3) is 6.42. The summed E-state index contributed by atoms with van der Waals surface area (Å²) in [4.78, 5) is 20.7. The summed E-state index contributed by atoms with van der Waals surface area (Å²) in [5, 5.41) is 5.76. The van der Waals surface area contributed by atoms with Crippen molar-refractivity contribution in [1.29, 1.82) is 0 Å². The molecule has 5 nitrogen and oxygen atoms in total. The SMILES string of the molecule is c1ccc(-c2ccc(-c3nc(-c4ccccc4)nc(-c4cccc(-c5ccc6c(c5)c5ccc7c8ccccc8c(-c8ccccc8)nc7c5n6-c5ccccc5)c4)n3)cc2)cc1. The van der Waals surface area contributed by atoms with E-state index in [4.69, 9.17) is 19.9 Å². The molecular formula is C58H37N5. The molecule has 0 aliphatic carbocycles. The molecule has 0 atom stereocenters. The minimum absolute atomic E-state index is 0.619. The maximum Gasteiger partial charge on any atom is 0.164 e. The summed E-state index contributed by atoms with van der Waals surface area (Å²) >= 11 is 0. The molecule has 0 amide bonds. The van der Waals surface area contributed by atoms with Gasteiger partial charge in [-0.05, 0) is 58.0 Å². The van der Waals surface area contributed by atoms with Crippen molar-refractivity contribution >= 4 is 43.5 Å². The van der Waals surface area contributed by atoms with Crippen LogP contribution in [0.25, 0.3) is 117 Å². The minimum atomic E-state index is 0.619. The second kappa shape index (κ2) is 15.2. The average Bonchev–Trinajstić information content (AvgIpc) is 3.71. The molecule has 0 bridgehead atoms. The van der Waals surface area contributed by atoms with Crippen LogP contribution >= 0.6 is 0 Å². The largest absolute Gasteiger partial charge is 0.307 e. The van der Waals surface area contributed by atoms with Crippen molar-refractivity contribution in [3.05, 3.63) is 224 Å². The molecule has 0 radical (unpaired) electrons. The van der Waals surface area contributed by atoms with E-state index < -0.39 is 0 Å². The van der Waals surface area contributed by atoms with Gasteiger partial charge in [-0.1, -0.05) is 194 Å². The van der Waals surface area contributed by atoms with Crippen LogP contribution in [0.5, 0.6) is 0 Å². The van der Waals surface area contributed by atoms with Crippen LogP contribution in [-0.4, -0.2) is 24.5 Å². The van der Waals surface area contributed by atoms with E-state index in [0.29, 0.717) is 17.5 Å². The fourth-order valence-corrected chi connectivity index (χ4v) is 8.99. The van der Waals surface area contributed by atoms with Crippen LogP contribution in [0.2, 0.25) is 0 Å². The molecule has 0 unspecified atom stereocenters. The maximum absolute atomic E-state index is 5.55. The van der Waals surface area contributed by atoms with E-state index in [1.54, 1.807) is 0 Å². The first-order valence-electron chi connectivity index (χ1n) is 21.2. The third-order valence-corrected chi connectivity index (χ3v) is 12.0. The Morgan fingerprint density at radius 2 is 0.746 bits per heavy atom. The minimum Gasteiger partial charge on any atom is -0.307 e. The van der Waals surface area contributed by atoms with Crippen molar-refractivity contribution in [2.75, 3.05) is 0 Å². The number of benzene rings is 9. The number of nitrogens with zero attached hydrogens (tertiary/aromatic N) is 5. The monoisotopic (exact) mass is 803 g/mol. The zero-order valence-corrected chi connectivity index (χ0v) is 34.1. The first kappa shape index (κ1) is 36.3. The van der Waals surface area contributed by atoms with E-state index in [1.807, 2.05) is 36.4 Å². The lowest BCUT2D eigenvalue weighted by atomic mass is 9.98. The van der Waals surface area contributed by atoms with Crippen LogP contribution in [0.3, 0.4) is 0 Å². The fourth-order valence-electron chi connectivity index (χ4n) is 8.99. The highest BCUT2D eigenvalue weighted by Gasteiger charge is 2.20. The first-order chi connectivity index (χ1) is 31.2. The molecule has 5 heteroatoms. The lowest BCUT2D eigenvalue weighted by molar-refractivity contribution is 1.07. The molecule has 63 heavy (non-hydrogen) atoms. The fraction of sp³-hybridized carbons (Fsp3) is 0. The van der Waals surface area contributed by atoms with Gasteiger partial charge in [-0.2, -0.15) is 0 Å². The van der Waals surface area contributed by atoms with Crippen molar-refractivity contribution in [2.24, 2.45) is 0 Å². The van der Waals surface area contributed by atoms with Crippen LogP contribution in [-0.2, 0) is 0 Å². The van der Waals surface area contributed by atoms with E-state index in [9.17, 15) is 0 Å². The molecule has 0 spiro atoms. The highest BCUT2D eigenvalue weighted by Crippen LogP contribution is 2.42. The number of pyridine rings is 1. The molecular weight excluding hydrogens is 767 g/mol. The van der Waals surface area contributed by atoms with Gasteiger partial charge in [0.15, 0.2) is 17.5 Å². The van der Waals surface area contributed by atoms with Gasteiger partial charge in [0.1, 0.15) is 0 Å². The van der Waals surface area contributed by atoms with Crippen LogP contribution in [0.4, 0.5) is 0 Å². The Bertz CT molecular complexity index is 3640. The molecule has 0 aliphatic rings. The third-order valence-electron chi connectivity index (χ3n) is 12.0. The number of hydrogen-bond donors (Lipinski definition) is 0. The predicted octanol–water partition coefficient (Wildman–Crippen LogP) is 14.7. The lowest BCUT2D eigenvalue weighted by Crippen LogP contribution is -2.00. The Morgan fingerprint density at radius 3 is 1.44 bits per heavy atom. The summed E-state index contributed by atoms with van der Waals surface area (Å²) in [6, 6.07) is 78.6. The number of rotatable bonds is 7. The van der Waals surface area contributed by atoms with Crippen molar-refractivity contribution in [3.63, 3.8) is 0 Å². The Hall–Kier alpha value is -8.54. The molecule has 3 heterocycles. The molecule has 3 aromatic heterocycles. The standard InChI is InChI=1S/C58H37N5/c1-5-16-38(17-6-1)39-28-30-42(31-29-39)57-60-56(41-20-9-3-10-21-41)61-58(62-57)45-23-15-22-43(36-45)44-32-35-52-51(37-44)50-34-33-49-47-26-13-14-27-48(47)53(40-18-7-2-8-19-40)59-54(49)55(50)63(52)46-24-11-4-12-25-46/h1-37H. The van der Waals surface area contributed by atoms with E-state index in [-0.39, 0.29) is 0 Å². The second-order valence-electron chi connectivity index (χ2n) is 15.8. The lowest BCUT2D eigenvalue weighted by Gasteiger charge is -2.13. The van der Waals surface area contributed by atoms with Crippen molar-refractivity contribution < 1.29 is 0 Å². The molecule has 0 aliphatic heterocycles. The number of para-hydroxylation sites is 1. The second-order valence-corrected chi connectivity index (χ2v) is 15.8. The van der Waals surface area contributed by atoms with Gasteiger partial charge in [0.25, 0.3) is 0 Å². The zero-order valence-electron chi connectivity index (χ0n) is 34.1. The smallest absolute Gasteiger partial charge is 0.164 e. The summed E-state index contributed by atoms with van der Waals surface area (Å²) in [5.41, 5.74) is 13.6. The van der Waals surface area contributed by atoms with Gasteiger partial charge < -0.3 is 4.57 Å². The van der Waals surface area contributed by atoms with E-state index in [0.717, 1.165) is 88.4 Å². The number of aromatic nitrogens is 5. The quantitative estimate of drug-likeness (QED) is 0.151. The van der Waals surface area contributed by atoms with Crippen LogP contribution in [0.1, 0.15) is 0 Å². The van der Waals surface area contributed by atoms with Gasteiger partial charge in [-0.25, -0.2) is 19.9 Å². The van der Waals surface area contributed by atoms with Crippen LogP contribution in [0, 0.1) is 0 Å². The van der Waals surface area contributed by atoms with E-state index >= 15 is 0 Å². The van der Waals surface area contributed by atoms with E-state index in [2.05, 4.69) is 193 Å². The molecule has 12 aromatic rings. The Morgan fingerprint density at radius 1 is 0.270 bits per heavy atom. The molecule has 0 N–H and O–H groups in total. The molecule has 0 saturated carbocycles. The topological polar surface area (TPSA) is 56.5 Å². The first-order valence-corrected chi connectivity index (χ1v) is 21.2. The molecule has 9 aromatic carbocycles. The number of fused-ring (bicyclic) bond motifs is 7. The molecule has 12 rings (SSSR count). The Labute approximate surface area is 364 Å². The summed E-state index contributed by atoms with van der Waals surface area (Å²) in [7, 11) is 0. The van der Waals surface area contributed by atoms with E-state index in [1.165, 1.54) is 10.9 Å². The molecule has 0 saturated heterocycles. The van der Waals surface area contributed by atoms with Crippen LogP contribution < -0.4 is 0 Å². The Balaban J connectivity index is 1.02. The van der Waals surface area contributed by atoms with Gasteiger partial charge in [0, 0.05) is 49.5 Å². The van der Waals surface area contributed by atoms with Gasteiger partial charge in [-0.15, -0.1) is 0 Å². The maximum atomic E-state index is 5.55. The highest BCUT2D eigenvalue weighted by molar-refractivity contribution is 6.23. The molecule has 0 fully saturated rings. The number of hydrogen-bond acceptors (Lipinski definition) is 4. The Kier molecular flexibility index (Phi) is 8.75. The highest BCUT2D eigenvalue weighted by atomic mass is 15.0. The summed E-state index contributed by atoms with van der Waals surface area (Å²) in [6.07, 6.45) is 0. The van der Waals surface area contributed by atoms with Gasteiger partial charge >= 0.3 is 0 Å². The molecule has 294 valence electrons. The summed E-state index contributed by atoms with van der Waals surface area (Å²) in [5.74, 6) is 1.88. The van der Waals surface area contributed by atoms with Crippen molar-refractivity contribution in [1.82, 2.24) is 24.5 Å². The van der Waals surface area contributed by atoms with Gasteiger partial charge in [0.05, 0.1) is 22.2 Å². The van der Waals surface area contributed by atoms with Crippen molar-refractivity contribution in [3.8, 4) is 73.4 Å². The van der Waals surface area contributed by atoms with Gasteiger partial charge in [0.2, 0.25) is 0 Å².